The third kappa shape index (κ3) is 4.10. The van der Waals surface area contributed by atoms with Crippen LogP contribution in [0, 0.1) is 0 Å². The van der Waals surface area contributed by atoms with Gasteiger partial charge in [-0.05, 0) is 30.5 Å². The molecule has 1 aromatic carbocycles. The molecule has 0 unspecified atom stereocenters. The van der Waals surface area contributed by atoms with Crippen LogP contribution >= 0.6 is 11.6 Å². The van der Waals surface area contributed by atoms with Crippen LogP contribution in [0.2, 0.25) is 5.02 Å². The molecule has 0 aliphatic carbocycles. The zero-order valence-corrected chi connectivity index (χ0v) is 17.1. The van der Waals surface area contributed by atoms with E-state index in [-0.39, 0.29) is 17.6 Å². The van der Waals surface area contributed by atoms with Crippen LogP contribution < -0.4 is 4.90 Å². The van der Waals surface area contributed by atoms with E-state index in [9.17, 15) is 4.79 Å². The Morgan fingerprint density at radius 2 is 2.03 bits per heavy atom. The second-order valence-electron chi connectivity index (χ2n) is 7.34. The number of anilines is 1. The van der Waals surface area contributed by atoms with Gasteiger partial charge in [0.05, 0.1) is 11.9 Å². The molecule has 4 rings (SSSR count). The number of hydrogen-bond donors (Lipinski definition) is 0. The van der Waals surface area contributed by atoms with Crippen molar-refractivity contribution in [3.05, 3.63) is 59.2 Å². The molecule has 0 saturated carbocycles. The molecule has 1 amide bonds. The molecule has 3 heterocycles. The van der Waals surface area contributed by atoms with Crippen LogP contribution in [-0.2, 0) is 0 Å². The number of rotatable bonds is 4. The Kier molecular flexibility index (Phi) is 5.49. The lowest BCUT2D eigenvalue weighted by atomic mass is 9.90. The van der Waals surface area contributed by atoms with Gasteiger partial charge in [-0.2, -0.15) is 0 Å². The predicted octanol–water partition coefficient (Wildman–Crippen LogP) is 3.87. The van der Waals surface area contributed by atoms with Crippen molar-refractivity contribution in [1.82, 2.24) is 20.0 Å². The number of carbonyl (C=O) groups excluding carboxylic acids is 1. The Bertz CT molecular complexity index is 989. The number of carbonyl (C=O) groups is 1. The highest BCUT2D eigenvalue weighted by atomic mass is 35.5. The SMILES string of the molecule is CN(C)c1ncc(-c2ccc(Cl)cc2)c([C@@H]2CCCN(C(=O)c3ccno3)C2)n1. The number of benzene rings is 1. The summed E-state index contributed by atoms with van der Waals surface area (Å²) in [6, 6.07) is 9.27. The highest BCUT2D eigenvalue weighted by Crippen LogP contribution is 2.34. The molecule has 1 atom stereocenters. The van der Waals surface area contributed by atoms with E-state index in [0.717, 1.165) is 29.7 Å². The van der Waals surface area contributed by atoms with E-state index in [0.29, 0.717) is 24.1 Å². The number of halogens is 1. The van der Waals surface area contributed by atoms with Gasteiger partial charge in [0.25, 0.3) is 5.91 Å². The minimum atomic E-state index is -0.137. The van der Waals surface area contributed by atoms with Crippen LogP contribution in [0.15, 0.2) is 47.2 Å². The summed E-state index contributed by atoms with van der Waals surface area (Å²) in [4.78, 5) is 25.8. The summed E-state index contributed by atoms with van der Waals surface area (Å²) in [5.41, 5.74) is 2.92. The molecule has 3 aromatic rings. The molecule has 1 aliphatic heterocycles. The Labute approximate surface area is 174 Å². The summed E-state index contributed by atoms with van der Waals surface area (Å²) >= 11 is 6.06. The average molecular weight is 412 g/mol. The number of amides is 1. The molecule has 150 valence electrons. The summed E-state index contributed by atoms with van der Waals surface area (Å²) in [6.45, 7) is 1.27. The van der Waals surface area contributed by atoms with E-state index < -0.39 is 0 Å². The van der Waals surface area contributed by atoms with Gasteiger partial charge in [0.1, 0.15) is 0 Å². The fraction of sp³-hybridized carbons (Fsp3) is 0.333. The van der Waals surface area contributed by atoms with Crippen molar-refractivity contribution < 1.29 is 9.32 Å². The summed E-state index contributed by atoms with van der Waals surface area (Å²) in [5.74, 6) is 0.877. The summed E-state index contributed by atoms with van der Waals surface area (Å²) < 4.78 is 5.06. The number of hydrogen-bond acceptors (Lipinski definition) is 6. The molecule has 1 fully saturated rings. The van der Waals surface area contributed by atoms with Gasteiger partial charge in [-0.15, -0.1) is 0 Å². The highest BCUT2D eigenvalue weighted by molar-refractivity contribution is 6.30. The molecule has 0 radical (unpaired) electrons. The molecule has 7 nitrogen and oxygen atoms in total. The third-order valence-corrected chi connectivity index (χ3v) is 5.36. The quantitative estimate of drug-likeness (QED) is 0.648. The second-order valence-corrected chi connectivity index (χ2v) is 7.77. The summed E-state index contributed by atoms with van der Waals surface area (Å²) in [7, 11) is 3.84. The first-order valence-electron chi connectivity index (χ1n) is 9.53. The Hall–Kier alpha value is -2.93. The number of nitrogens with zero attached hydrogens (tertiary/aromatic N) is 5. The molecule has 1 saturated heterocycles. The lowest BCUT2D eigenvalue weighted by Crippen LogP contribution is -2.39. The van der Waals surface area contributed by atoms with Crippen molar-refractivity contribution >= 4 is 23.5 Å². The molecular formula is C21H22ClN5O2. The molecule has 0 bridgehead atoms. The minimum absolute atomic E-state index is 0.1000. The summed E-state index contributed by atoms with van der Waals surface area (Å²) in [6.07, 6.45) is 5.19. The zero-order chi connectivity index (χ0) is 20.4. The van der Waals surface area contributed by atoms with E-state index in [1.165, 1.54) is 6.20 Å². The molecule has 2 aromatic heterocycles. The topological polar surface area (TPSA) is 75.4 Å². The van der Waals surface area contributed by atoms with Crippen LogP contribution in [0.5, 0.6) is 0 Å². The Morgan fingerprint density at radius 1 is 1.24 bits per heavy atom. The van der Waals surface area contributed by atoms with Crippen molar-refractivity contribution in [3.8, 4) is 11.1 Å². The van der Waals surface area contributed by atoms with Crippen molar-refractivity contribution in [2.24, 2.45) is 0 Å². The highest BCUT2D eigenvalue weighted by Gasteiger charge is 2.30. The first kappa shape index (κ1) is 19.4. The van der Waals surface area contributed by atoms with E-state index in [1.54, 1.807) is 6.07 Å². The number of likely N-dealkylation sites (tertiary alicyclic amines) is 1. The van der Waals surface area contributed by atoms with E-state index in [4.69, 9.17) is 21.1 Å². The van der Waals surface area contributed by atoms with Gasteiger partial charge < -0.3 is 14.3 Å². The van der Waals surface area contributed by atoms with Gasteiger partial charge in [0.2, 0.25) is 11.7 Å². The van der Waals surface area contributed by atoms with E-state index in [1.807, 2.05) is 54.4 Å². The standard InChI is InChI=1S/C21H22ClN5O2/c1-26(2)21-23-12-17(14-5-7-16(22)8-6-14)19(25-21)15-4-3-11-27(13-15)20(28)18-9-10-24-29-18/h5-10,12,15H,3-4,11,13H2,1-2H3/t15-/m1/s1. The molecule has 8 heteroatoms. The van der Waals surface area contributed by atoms with Crippen LogP contribution in [0.25, 0.3) is 11.1 Å². The van der Waals surface area contributed by atoms with Crippen LogP contribution in [-0.4, -0.2) is 53.1 Å². The van der Waals surface area contributed by atoms with Gasteiger partial charge >= 0.3 is 0 Å². The van der Waals surface area contributed by atoms with Crippen molar-refractivity contribution in [2.75, 3.05) is 32.1 Å². The van der Waals surface area contributed by atoms with Gasteiger partial charge in [-0.25, -0.2) is 9.97 Å². The lowest BCUT2D eigenvalue weighted by molar-refractivity contribution is 0.0664. The first-order valence-corrected chi connectivity index (χ1v) is 9.91. The Balaban J connectivity index is 1.69. The fourth-order valence-electron chi connectivity index (χ4n) is 3.63. The second kappa shape index (κ2) is 8.21. The minimum Gasteiger partial charge on any atom is -0.351 e. The maximum atomic E-state index is 12.7. The van der Waals surface area contributed by atoms with Gasteiger partial charge in [-0.3, -0.25) is 4.79 Å². The fourth-order valence-corrected chi connectivity index (χ4v) is 3.76. The third-order valence-electron chi connectivity index (χ3n) is 5.10. The van der Waals surface area contributed by atoms with Gasteiger partial charge in [0.15, 0.2) is 0 Å². The lowest BCUT2D eigenvalue weighted by Gasteiger charge is -2.33. The van der Waals surface area contributed by atoms with Crippen LogP contribution in [0.4, 0.5) is 5.95 Å². The monoisotopic (exact) mass is 411 g/mol. The first-order chi connectivity index (χ1) is 14.0. The Morgan fingerprint density at radius 3 is 2.72 bits per heavy atom. The van der Waals surface area contributed by atoms with Crippen LogP contribution in [0.1, 0.15) is 35.0 Å². The van der Waals surface area contributed by atoms with E-state index >= 15 is 0 Å². The molecule has 29 heavy (non-hydrogen) atoms. The number of piperidine rings is 1. The average Bonchev–Trinajstić information content (AvgIpc) is 3.28. The maximum absolute atomic E-state index is 12.7. The van der Waals surface area contributed by atoms with Gasteiger partial charge in [0, 0.05) is 56.0 Å². The largest absolute Gasteiger partial charge is 0.351 e. The molecule has 0 spiro atoms. The molecule has 0 N–H and O–H groups in total. The number of aromatic nitrogens is 3. The maximum Gasteiger partial charge on any atom is 0.292 e. The van der Waals surface area contributed by atoms with Crippen molar-refractivity contribution in [1.29, 1.82) is 0 Å². The zero-order valence-electron chi connectivity index (χ0n) is 16.4. The molecule has 1 aliphatic rings. The van der Waals surface area contributed by atoms with Gasteiger partial charge in [-0.1, -0.05) is 28.9 Å². The summed E-state index contributed by atoms with van der Waals surface area (Å²) in [5, 5.41) is 4.33. The predicted molar refractivity (Wildman–Crippen MR) is 111 cm³/mol. The normalized spacial score (nSPS) is 16.7. The van der Waals surface area contributed by atoms with Crippen molar-refractivity contribution in [2.45, 2.75) is 18.8 Å². The van der Waals surface area contributed by atoms with E-state index in [2.05, 4.69) is 10.1 Å². The molecular weight excluding hydrogens is 390 g/mol. The van der Waals surface area contributed by atoms with Crippen LogP contribution in [0.3, 0.4) is 0 Å². The smallest absolute Gasteiger partial charge is 0.292 e. The van der Waals surface area contributed by atoms with Crippen molar-refractivity contribution in [3.63, 3.8) is 0 Å².